The van der Waals surface area contributed by atoms with Crippen LogP contribution < -0.4 is 18.4 Å². The molecule has 6 nitrogen and oxygen atoms in total. The van der Waals surface area contributed by atoms with Crippen LogP contribution in [0.1, 0.15) is 11.1 Å². The van der Waals surface area contributed by atoms with Gasteiger partial charge in [0, 0.05) is 0 Å². The van der Waals surface area contributed by atoms with E-state index >= 15 is 0 Å². The third-order valence-corrected chi connectivity index (χ3v) is 5.67. The maximum atomic E-state index is 12.7. The van der Waals surface area contributed by atoms with E-state index in [1.54, 1.807) is 25.1 Å². The molecule has 33 heavy (non-hydrogen) atoms. The number of hydrogen-bond donors (Lipinski definition) is 0. The Hall–Kier alpha value is -3.40. The summed E-state index contributed by atoms with van der Waals surface area (Å²) in [6, 6.07) is 17.3. The Labute approximate surface area is 189 Å². The summed E-state index contributed by atoms with van der Waals surface area (Å²) in [6.45, 7) is 1.94. The molecule has 0 amide bonds. The number of rotatable bonds is 8. The lowest BCUT2D eigenvalue weighted by Gasteiger charge is -2.17. The van der Waals surface area contributed by atoms with Crippen molar-refractivity contribution in [2.24, 2.45) is 0 Å². The van der Waals surface area contributed by atoms with E-state index in [0.29, 0.717) is 34.8 Å². The lowest BCUT2D eigenvalue weighted by Crippen LogP contribution is -2.28. The molecule has 0 unspecified atom stereocenters. The van der Waals surface area contributed by atoms with Crippen LogP contribution in [0.15, 0.2) is 60.7 Å². The van der Waals surface area contributed by atoms with Crippen molar-refractivity contribution in [1.29, 1.82) is 0 Å². The van der Waals surface area contributed by atoms with Gasteiger partial charge in [-0.3, -0.25) is 0 Å². The maximum absolute atomic E-state index is 12.7. The van der Waals surface area contributed by atoms with Crippen molar-refractivity contribution in [2.45, 2.75) is 19.0 Å². The number of ether oxygens (including phenoxy) is 3. The number of methoxy groups -OCH3 is 2. The largest absolute Gasteiger partial charge is 0.534 e. The molecule has 0 saturated carbocycles. The van der Waals surface area contributed by atoms with E-state index in [1.807, 2.05) is 30.3 Å². The molecule has 3 rings (SSSR count). The molecular formula is C23H21F3O6S. The van der Waals surface area contributed by atoms with Crippen LogP contribution >= 0.6 is 0 Å². The molecule has 0 N–H and O–H groups in total. The van der Waals surface area contributed by atoms with Crippen LogP contribution in [-0.4, -0.2) is 28.1 Å². The van der Waals surface area contributed by atoms with Crippen LogP contribution in [0, 0.1) is 6.92 Å². The zero-order chi connectivity index (χ0) is 24.2. The highest BCUT2D eigenvalue weighted by Crippen LogP contribution is 2.40. The highest BCUT2D eigenvalue weighted by atomic mass is 32.2. The minimum atomic E-state index is -5.84. The molecule has 0 heterocycles. The molecular weight excluding hydrogens is 461 g/mol. The van der Waals surface area contributed by atoms with Crippen LogP contribution in [0.2, 0.25) is 0 Å². The average Bonchev–Trinajstić information content (AvgIpc) is 2.77. The Morgan fingerprint density at radius 1 is 0.818 bits per heavy atom. The van der Waals surface area contributed by atoms with Crippen molar-refractivity contribution >= 4 is 10.1 Å². The molecule has 0 fully saturated rings. The van der Waals surface area contributed by atoms with E-state index in [-0.39, 0.29) is 5.75 Å². The van der Waals surface area contributed by atoms with Gasteiger partial charge in [0.05, 0.1) is 14.2 Å². The standard InChI is InChI=1S/C23H21F3O6S/c1-15-11-22(32-33(27,28)23(24,25)26)21(30-3)13-18(15)17-9-10-19(20(12-17)29-2)31-14-16-7-5-4-6-8-16/h4-13H,14H2,1-3H3. The summed E-state index contributed by atoms with van der Waals surface area (Å²) in [5.41, 5.74) is -2.89. The van der Waals surface area contributed by atoms with Crippen LogP contribution in [0.4, 0.5) is 13.2 Å². The number of aryl methyl sites for hydroxylation is 1. The second kappa shape index (κ2) is 9.62. The minimum Gasteiger partial charge on any atom is -0.493 e. The summed E-state index contributed by atoms with van der Waals surface area (Å²) in [5.74, 6) is 0.213. The van der Waals surface area contributed by atoms with E-state index in [9.17, 15) is 21.6 Å². The van der Waals surface area contributed by atoms with Gasteiger partial charge in [-0.1, -0.05) is 36.4 Å². The molecule has 3 aromatic carbocycles. The summed E-state index contributed by atoms with van der Waals surface area (Å²) >= 11 is 0. The number of benzene rings is 3. The Bertz CT molecular complexity index is 1220. The van der Waals surface area contributed by atoms with Crippen molar-refractivity contribution < 1.29 is 40.0 Å². The molecule has 0 aliphatic rings. The predicted molar refractivity (Wildman–Crippen MR) is 116 cm³/mol. The number of alkyl halides is 3. The zero-order valence-electron chi connectivity index (χ0n) is 18.0. The molecule has 0 aliphatic heterocycles. The van der Waals surface area contributed by atoms with E-state index in [1.165, 1.54) is 26.4 Å². The predicted octanol–water partition coefficient (Wildman–Crippen LogP) is 5.49. The molecule has 0 spiro atoms. The third kappa shape index (κ3) is 5.51. The zero-order valence-corrected chi connectivity index (χ0v) is 18.8. The van der Waals surface area contributed by atoms with Crippen LogP contribution in [0.25, 0.3) is 11.1 Å². The molecule has 0 radical (unpaired) electrons. The Morgan fingerprint density at radius 3 is 2.06 bits per heavy atom. The summed E-state index contributed by atoms with van der Waals surface area (Å²) in [6.07, 6.45) is 0. The van der Waals surface area contributed by atoms with Gasteiger partial charge in [0.25, 0.3) is 0 Å². The maximum Gasteiger partial charge on any atom is 0.534 e. The van der Waals surface area contributed by atoms with Crippen molar-refractivity contribution in [2.75, 3.05) is 14.2 Å². The fourth-order valence-corrected chi connectivity index (χ4v) is 3.51. The lowest BCUT2D eigenvalue weighted by atomic mass is 9.99. The topological polar surface area (TPSA) is 71.1 Å². The van der Waals surface area contributed by atoms with E-state index in [2.05, 4.69) is 4.18 Å². The van der Waals surface area contributed by atoms with Gasteiger partial charge >= 0.3 is 15.6 Å². The van der Waals surface area contributed by atoms with Gasteiger partial charge in [-0.15, -0.1) is 0 Å². The first-order valence-electron chi connectivity index (χ1n) is 9.60. The van der Waals surface area contributed by atoms with E-state index < -0.39 is 21.4 Å². The van der Waals surface area contributed by atoms with Crippen molar-refractivity contribution in [3.8, 4) is 34.1 Å². The smallest absolute Gasteiger partial charge is 0.493 e. The first kappa shape index (κ1) is 24.2. The van der Waals surface area contributed by atoms with Gasteiger partial charge < -0.3 is 18.4 Å². The number of halogens is 3. The Morgan fingerprint density at radius 2 is 1.45 bits per heavy atom. The van der Waals surface area contributed by atoms with Crippen LogP contribution in [-0.2, 0) is 16.7 Å². The third-order valence-electron chi connectivity index (χ3n) is 4.71. The molecule has 10 heteroatoms. The van der Waals surface area contributed by atoms with Gasteiger partial charge in [-0.25, -0.2) is 0 Å². The van der Waals surface area contributed by atoms with Gasteiger partial charge in [0.2, 0.25) is 0 Å². The average molecular weight is 482 g/mol. The minimum absolute atomic E-state index is 0.174. The summed E-state index contributed by atoms with van der Waals surface area (Å²) in [5, 5.41) is 0. The first-order valence-corrected chi connectivity index (χ1v) is 11.0. The van der Waals surface area contributed by atoms with Crippen LogP contribution in [0.3, 0.4) is 0 Å². The highest BCUT2D eigenvalue weighted by Gasteiger charge is 2.49. The molecule has 0 aromatic heterocycles. The summed E-state index contributed by atoms with van der Waals surface area (Å²) in [4.78, 5) is 0. The second-order valence-electron chi connectivity index (χ2n) is 6.94. The van der Waals surface area contributed by atoms with Gasteiger partial charge in [-0.2, -0.15) is 21.6 Å². The van der Waals surface area contributed by atoms with E-state index in [4.69, 9.17) is 14.2 Å². The molecule has 0 saturated heterocycles. The quantitative estimate of drug-likeness (QED) is 0.313. The Kier molecular flexibility index (Phi) is 7.06. The SMILES string of the molecule is COc1cc(-c2cc(OC)c(OS(=O)(=O)C(F)(F)F)cc2C)ccc1OCc1ccccc1. The Balaban J connectivity index is 1.92. The molecule has 0 atom stereocenters. The van der Waals surface area contributed by atoms with E-state index in [0.717, 1.165) is 5.56 Å². The molecule has 176 valence electrons. The highest BCUT2D eigenvalue weighted by molar-refractivity contribution is 7.88. The molecule has 3 aromatic rings. The lowest BCUT2D eigenvalue weighted by molar-refractivity contribution is -0.0500. The van der Waals surface area contributed by atoms with Crippen molar-refractivity contribution in [1.82, 2.24) is 0 Å². The fraction of sp³-hybridized carbons (Fsp3) is 0.217. The van der Waals surface area contributed by atoms with Crippen LogP contribution in [0.5, 0.6) is 23.0 Å². The summed E-state index contributed by atoms with van der Waals surface area (Å²) in [7, 11) is -3.16. The normalized spacial score (nSPS) is 11.7. The fourth-order valence-electron chi connectivity index (χ4n) is 3.05. The summed E-state index contributed by atoms with van der Waals surface area (Å²) < 4.78 is 81.6. The monoisotopic (exact) mass is 482 g/mol. The van der Waals surface area contributed by atoms with Gasteiger partial charge in [0.1, 0.15) is 6.61 Å². The second-order valence-corrected chi connectivity index (χ2v) is 8.48. The molecule has 0 aliphatic carbocycles. The van der Waals surface area contributed by atoms with Gasteiger partial charge in [0.15, 0.2) is 23.0 Å². The van der Waals surface area contributed by atoms with Gasteiger partial charge in [-0.05, 0) is 53.4 Å². The van der Waals surface area contributed by atoms with Crippen molar-refractivity contribution in [3.05, 3.63) is 71.8 Å². The number of hydrogen-bond acceptors (Lipinski definition) is 6. The molecule has 0 bridgehead atoms. The van der Waals surface area contributed by atoms with Crippen molar-refractivity contribution in [3.63, 3.8) is 0 Å². The first-order chi connectivity index (χ1) is 15.6.